The molecule has 2 saturated heterocycles. The Labute approximate surface area is 225 Å². The summed E-state index contributed by atoms with van der Waals surface area (Å²) >= 11 is 0. The second-order valence-electron chi connectivity index (χ2n) is 10.6. The average molecular weight is 547 g/mol. The predicted octanol–water partition coefficient (Wildman–Crippen LogP) is 3.36. The summed E-state index contributed by atoms with van der Waals surface area (Å²) in [6, 6.07) is 14.5. The molecule has 0 spiro atoms. The number of carbonyl (C=O) groups is 1. The molecule has 0 aromatic heterocycles. The zero-order chi connectivity index (χ0) is 27.4. The molecule has 0 bridgehead atoms. The Balaban J connectivity index is 1.67. The van der Waals surface area contributed by atoms with Crippen molar-refractivity contribution in [3.8, 4) is 0 Å². The van der Waals surface area contributed by atoms with Crippen LogP contribution in [0.4, 0.5) is 4.79 Å². The van der Waals surface area contributed by atoms with Gasteiger partial charge < -0.3 is 19.7 Å². The Hall–Kier alpha value is -2.50. The fourth-order valence-electron chi connectivity index (χ4n) is 5.40. The molecule has 10 heteroatoms. The minimum atomic E-state index is -3.93. The van der Waals surface area contributed by atoms with Crippen LogP contribution in [0.1, 0.15) is 31.4 Å². The van der Waals surface area contributed by atoms with Gasteiger partial charge in [0.25, 0.3) is 0 Å². The molecule has 0 radical (unpaired) electrons. The van der Waals surface area contributed by atoms with Crippen LogP contribution in [0.3, 0.4) is 0 Å². The van der Waals surface area contributed by atoms with Gasteiger partial charge in [-0.2, -0.15) is 4.31 Å². The molecule has 2 aliphatic rings. The first kappa shape index (κ1) is 28.5. The van der Waals surface area contributed by atoms with E-state index >= 15 is 0 Å². The summed E-state index contributed by atoms with van der Waals surface area (Å²) < 4.78 is 39.9. The van der Waals surface area contributed by atoms with Gasteiger partial charge in [-0.3, -0.25) is 4.90 Å². The van der Waals surface area contributed by atoms with Crippen molar-refractivity contribution in [3.05, 3.63) is 65.7 Å². The summed E-state index contributed by atoms with van der Waals surface area (Å²) in [6.07, 6.45) is -2.04. The van der Waals surface area contributed by atoms with Crippen molar-refractivity contribution in [2.45, 2.75) is 63.0 Å². The van der Waals surface area contributed by atoms with Crippen LogP contribution in [-0.2, 0) is 25.9 Å². The highest BCUT2D eigenvalue weighted by Crippen LogP contribution is 2.36. The standard InChI is InChI=1S/C28H38N2O7S/c1-19(2)16-29(38(34,35)22-11-9-20(3)10-12-22)17-26(31)24(15-21-7-5-4-6-8-21)30(28(32)33)25-18-37-27-23(25)13-14-36-27/h4-12,19,23-27,31H,13-18H2,1-3H3,(H,32,33)/t23-,24-,25-,26+,27+/m0/s1. The van der Waals surface area contributed by atoms with E-state index in [4.69, 9.17) is 9.47 Å². The number of hydrogen-bond donors (Lipinski definition) is 2. The first-order chi connectivity index (χ1) is 18.1. The molecule has 5 atom stereocenters. The number of aliphatic hydroxyl groups is 1. The van der Waals surface area contributed by atoms with Gasteiger partial charge in [0.1, 0.15) is 0 Å². The maximum absolute atomic E-state index is 13.7. The van der Waals surface area contributed by atoms with Gasteiger partial charge in [-0.15, -0.1) is 0 Å². The Morgan fingerprint density at radius 1 is 1.05 bits per heavy atom. The van der Waals surface area contributed by atoms with Crippen molar-refractivity contribution in [2.75, 3.05) is 26.3 Å². The monoisotopic (exact) mass is 546 g/mol. The fourth-order valence-corrected chi connectivity index (χ4v) is 7.02. The third kappa shape index (κ3) is 6.38. The zero-order valence-electron chi connectivity index (χ0n) is 22.1. The number of hydrogen-bond acceptors (Lipinski definition) is 6. The molecule has 0 saturated carbocycles. The maximum atomic E-state index is 13.7. The largest absolute Gasteiger partial charge is 0.465 e. The van der Waals surface area contributed by atoms with E-state index in [1.165, 1.54) is 9.21 Å². The van der Waals surface area contributed by atoms with Gasteiger partial charge in [-0.1, -0.05) is 61.9 Å². The number of nitrogens with zero attached hydrogens (tertiary/aromatic N) is 2. The van der Waals surface area contributed by atoms with Crippen molar-refractivity contribution in [2.24, 2.45) is 11.8 Å². The number of aliphatic hydroxyl groups excluding tert-OH is 1. The lowest BCUT2D eigenvalue weighted by atomic mass is 9.93. The SMILES string of the molecule is Cc1ccc(S(=O)(=O)N(CC(C)C)C[C@@H](O)[C@H](Cc2ccccc2)N(C(=O)O)[C@H]2CO[C@H]3OCC[C@H]32)cc1. The summed E-state index contributed by atoms with van der Waals surface area (Å²) in [4.78, 5) is 14.1. The van der Waals surface area contributed by atoms with Gasteiger partial charge in [0.2, 0.25) is 10.0 Å². The van der Waals surface area contributed by atoms with Crippen molar-refractivity contribution in [1.29, 1.82) is 0 Å². The molecule has 38 heavy (non-hydrogen) atoms. The van der Waals surface area contributed by atoms with Gasteiger partial charge in [-0.25, -0.2) is 13.2 Å². The first-order valence-corrected chi connectivity index (χ1v) is 14.5. The Bertz CT molecular complexity index is 1170. The number of aryl methyl sites for hydroxylation is 1. The van der Waals surface area contributed by atoms with Gasteiger partial charge in [0.05, 0.1) is 36.3 Å². The lowest BCUT2D eigenvalue weighted by molar-refractivity contribution is -0.0906. The molecule has 0 unspecified atom stereocenters. The summed E-state index contributed by atoms with van der Waals surface area (Å²) in [5.41, 5.74) is 1.78. The molecule has 0 aliphatic carbocycles. The third-order valence-corrected chi connectivity index (χ3v) is 9.14. The minimum absolute atomic E-state index is 0.00907. The van der Waals surface area contributed by atoms with Crippen LogP contribution in [0.5, 0.6) is 0 Å². The third-order valence-electron chi connectivity index (χ3n) is 7.29. The van der Waals surface area contributed by atoms with Crippen LogP contribution in [-0.4, -0.2) is 84.7 Å². The van der Waals surface area contributed by atoms with Gasteiger partial charge in [0, 0.05) is 19.0 Å². The molecule has 2 N–H and O–H groups in total. The Morgan fingerprint density at radius 2 is 1.74 bits per heavy atom. The molecule has 2 aliphatic heterocycles. The zero-order valence-corrected chi connectivity index (χ0v) is 23.0. The highest BCUT2D eigenvalue weighted by molar-refractivity contribution is 7.89. The van der Waals surface area contributed by atoms with Crippen molar-refractivity contribution < 1.29 is 32.9 Å². The van der Waals surface area contributed by atoms with Gasteiger partial charge in [0.15, 0.2) is 6.29 Å². The second kappa shape index (κ2) is 12.1. The predicted molar refractivity (Wildman–Crippen MR) is 142 cm³/mol. The molecule has 2 aromatic carbocycles. The Morgan fingerprint density at radius 3 is 2.37 bits per heavy atom. The summed E-state index contributed by atoms with van der Waals surface area (Å²) in [5.74, 6) is -0.148. The van der Waals surface area contributed by atoms with Crippen LogP contribution in [0.15, 0.2) is 59.5 Å². The molecule has 4 rings (SSSR count). The average Bonchev–Trinajstić information content (AvgIpc) is 3.49. The molecular formula is C28H38N2O7S. The van der Waals surface area contributed by atoms with Gasteiger partial charge >= 0.3 is 6.09 Å². The first-order valence-electron chi connectivity index (χ1n) is 13.1. The summed E-state index contributed by atoms with van der Waals surface area (Å²) in [5, 5.41) is 22.0. The fraction of sp³-hybridized carbons (Fsp3) is 0.536. The van der Waals surface area contributed by atoms with E-state index in [1.807, 2.05) is 51.1 Å². The van der Waals surface area contributed by atoms with Crippen LogP contribution in [0.2, 0.25) is 0 Å². The van der Waals surface area contributed by atoms with E-state index in [2.05, 4.69) is 0 Å². The molecule has 2 heterocycles. The van der Waals surface area contributed by atoms with E-state index in [1.54, 1.807) is 24.3 Å². The van der Waals surface area contributed by atoms with Crippen molar-refractivity contribution in [1.82, 2.24) is 9.21 Å². The number of fused-ring (bicyclic) bond motifs is 1. The summed E-state index contributed by atoms with van der Waals surface area (Å²) in [7, 11) is -3.93. The highest BCUT2D eigenvalue weighted by Gasteiger charge is 2.49. The van der Waals surface area contributed by atoms with E-state index in [9.17, 15) is 23.4 Å². The van der Waals surface area contributed by atoms with Crippen LogP contribution < -0.4 is 0 Å². The van der Waals surface area contributed by atoms with Crippen LogP contribution in [0, 0.1) is 18.8 Å². The van der Waals surface area contributed by atoms with Crippen molar-refractivity contribution >= 4 is 16.1 Å². The number of rotatable bonds is 11. The number of ether oxygens (including phenoxy) is 2. The van der Waals surface area contributed by atoms with Crippen LogP contribution >= 0.6 is 0 Å². The molecule has 1 amide bonds. The maximum Gasteiger partial charge on any atom is 0.407 e. The molecule has 2 fully saturated rings. The smallest absolute Gasteiger partial charge is 0.407 e. The van der Waals surface area contributed by atoms with Crippen molar-refractivity contribution in [3.63, 3.8) is 0 Å². The van der Waals surface area contributed by atoms with E-state index < -0.39 is 40.6 Å². The highest BCUT2D eigenvalue weighted by atomic mass is 32.2. The number of carboxylic acid groups (broad SMARTS) is 1. The number of benzene rings is 2. The molecule has 2 aromatic rings. The minimum Gasteiger partial charge on any atom is -0.465 e. The lowest BCUT2D eigenvalue weighted by Crippen LogP contribution is -2.57. The molecule has 9 nitrogen and oxygen atoms in total. The topological polar surface area (TPSA) is 117 Å². The van der Waals surface area contributed by atoms with Gasteiger partial charge in [-0.05, 0) is 43.4 Å². The second-order valence-corrected chi connectivity index (χ2v) is 12.6. The Kier molecular flexibility index (Phi) is 9.10. The quantitative estimate of drug-likeness (QED) is 0.444. The summed E-state index contributed by atoms with van der Waals surface area (Å²) in [6.45, 7) is 6.29. The molecular weight excluding hydrogens is 508 g/mol. The van der Waals surface area contributed by atoms with E-state index in [0.29, 0.717) is 13.0 Å². The van der Waals surface area contributed by atoms with E-state index in [0.717, 1.165) is 11.1 Å². The van der Waals surface area contributed by atoms with E-state index in [-0.39, 0.29) is 42.8 Å². The van der Waals surface area contributed by atoms with Crippen LogP contribution in [0.25, 0.3) is 0 Å². The lowest BCUT2D eigenvalue weighted by Gasteiger charge is -2.39. The number of amides is 1. The molecule has 208 valence electrons. The number of sulfonamides is 1. The normalized spacial score (nSPS) is 22.9.